The van der Waals surface area contributed by atoms with Crippen molar-refractivity contribution >= 4 is 24.0 Å². The Balaban J connectivity index is 0.00000112. The predicted molar refractivity (Wildman–Crippen MR) is 64.6 cm³/mol. The first kappa shape index (κ1) is 12.6. The zero-order valence-corrected chi connectivity index (χ0v) is 9.89. The number of benzene rings is 1. The van der Waals surface area contributed by atoms with Crippen LogP contribution in [0.4, 0.5) is 0 Å². The average Bonchev–Trinajstić information content (AvgIpc) is 2.06. The summed E-state index contributed by atoms with van der Waals surface area (Å²) in [5.74, 6) is 0.660. The fourth-order valence-corrected chi connectivity index (χ4v) is 2.04. The maximum atomic E-state index is 9.72. The molecule has 4 heteroatoms. The number of hydrogen-bond donors (Lipinski definition) is 2. The number of nitrogens with two attached hydrogens (primary N) is 1. The first-order valence-electron chi connectivity index (χ1n) is 4.93. The molecule has 3 N–H and O–H groups in total. The average molecular weight is 248 g/mol. The summed E-state index contributed by atoms with van der Waals surface area (Å²) < 4.78 is 0. The number of rotatable bonds is 2. The van der Waals surface area contributed by atoms with Crippen molar-refractivity contribution in [3.63, 3.8) is 0 Å². The molecule has 1 aromatic rings. The van der Waals surface area contributed by atoms with Crippen LogP contribution in [0.1, 0.15) is 30.9 Å². The van der Waals surface area contributed by atoms with Gasteiger partial charge in [-0.1, -0.05) is 30.2 Å². The van der Waals surface area contributed by atoms with E-state index in [1.165, 1.54) is 6.42 Å². The summed E-state index contributed by atoms with van der Waals surface area (Å²) in [4.78, 5) is 0. The molecule has 1 aromatic carbocycles. The molecule has 0 aliphatic heterocycles. The van der Waals surface area contributed by atoms with Gasteiger partial charge in [-0.25, -0.2) is 0 Å². The van der Waals surface area contributed by atoms with Gasteiger partial charge in [0.1, 0.15) is 5.75 Å². The van der Waals surface area contributed by atoms with Gasteiger partial charge in [0, 0.05) is 11.6 Å². The number of phenolic OH excluding ortho intramolecular Hbond substituents is 1. The lowest BCUT2D eigenvalue weighted by atomic mass is 9.77. The lowest BCUT2D eigenvalue weighted by Crippen LogP contribution is -2.26. The fourth-order valence-electron chi connectivity index (χ4n) is 1.85. The van der Waals surface area contributed by atoms with E-state index in [0.29, 0.717) is 10.9 Å². The minimum absolute atomic E-state index is 0. The molecule has 0 amide bonds. The third kappa shape index (κ3) is 2.39. The van der Waals surface area contributed by atoms with Crippen LogP contribution in [0.25, 0.3) is 0 Å². The van der Waals surface area contributed by atoms with E-state index in [1.54, 1.807) is 6.07 Å². The summed E-state index contributed by atoms with van der Waals surface area (Å²) in [6, 6.07) is 5.29. The Bertz CT molecular complexity index is 339. The number of aromatic hydroxyl groups is 1. The smallest absolute Gasteiger partial charge is 0.138 e. The molecule has 0 bridgehead atoms. The van der Waals surface area contributed by atoms with Crippen molar-refractivity contribution in [1.29, 1.82) is 0 Å². The largest absolute Gasteiger partial charge is 0.506 e. The van der Waals surface area contributed by atoms with Gasteiger partial charge in [-0.3, -0.25) is 0 Å². The van der Waals surface area contributed by atoms with Gasteiger partial charge in [-0.15, -0.1) is 12.4 Å². The van der Waals surface area contributed by atoms with Gasteiger partial charge in [0.25, 0.3) is 0 Å². The van der Waals surface area contributed by atoms with Crippen LogP contribution in [0.3, 0.4) is 0 Å². The molecule has 0 heterocycles. The second kappa shape index (κ2) is 5.06. The Morgan fingerprint density at radius 3 is 2.60 bits per heavy atom. The minimum Gasteiger partial charge on any atom is -0.506 e. The molecule has 1 atom stereocenters. The Morgan fingerprint density at radius 1 is 1.40 bits per heavy atom. The third-order valence-electron chi connectivity index (χ3n) is 3.03. The summed E-state index contributed by atoms with van der Waals surface area (Å²) >= 11 is 5.82. The van der Waals surface area contributed by atoms with Crippen LogP contribution in [0.2, 0.25) is 5.02 Å². The van der Waals surface area contributed by atoms with Crippen molar-refractivity contribution in [2.45, 2.75) is 25.3 Å². The molecule has 84 valence electrons. The molecule has 1 aliphatic carbocycles. The quantitative estimate of drug-likeness (QED) is 0.843. The summed E-state index contributed by atoms with van der Waals surface area (Å²) in [5, 5.41) is 10.1. The molecule has 2 nitrogen and oxygen atoms in total. The Morgan fingerprint density at radius 2 is 2.07 bits per heavy atom. The van der Waals surface area contributed by atoms with E-state index in [0.717, 1.165) is 18.4 Å². The summed E-state index contributed by atoms with van der Waals surface area (Å²) in [6.07, 6.45) is 3.57. The Kier molecular flexibility index (Phi) is 4.26. The molecule has 1 aliphatic rings. The second-order valence-corrected chi connectivity index (χ2v) is 4.30. The van der Waals surface area contributed by atoms with Gasteiger partial charge in [0.15, 0.2) is 0 Å². The van der Waals surface area contributed by atoms with Crippen molar-refractivity contribution < 1.29 is 5.11 Å². The maximum Gasteiger partial charge on any atom is 0.138 e. The van der Waals surface area contributed by atoms with E-state index < -0.39 is 0 Å². The SMILES string of the molecule is Cl.N[C@H](c1cccc(Cl)c1O)C1CCC1. The third-order valence-corrected chi connectivity index (χ3v) is 3.34. The minimum atomic E-state index is -0.0672. The number of phenols is 1. The van der Waals surface area contributed by atoms with Crippen LogP contribution in [0, 0.1) is 5.92 Å². The predicted octanol–water partition coefficient (Wildman–Crippen LogP) is 3.27. The zero-order valence-electron chi connectivity index (χ0n) is 8.32. The van der Waals surface area contributed by atoms with E-state index in [-0.39, 0.29) is 24.2 Å². The molecule has 0 unspecified atom stereocenters. The van der Waals surface area contributed by atoms with Crippen LogP contribution >= 0.6 is 24.0 Å². The number of para-hydroxylation sites is 1. The molecule has 0 radical (unpaired) electrons. The zero-order chi connectivity index (χ0) is 10.1. The van der Waals surface area contributed by atoms with Crippen molar-refractivity contribution in [1.82, 2.24) is 0 Å². The molecule has 2 rings (SSSR count). The highest BCUT2D eigenvalue weighted by molar-refractivity contribution is 6.32. The maximum absolute atomic E-state index is 9.72. The van der Waals surface area contributed by atoms with Gasteiger partial charge in [0.2, 0.25) is 0 Å². The topological polar surface area (TPSA) is 46.2 Å². The van der Waals surface area contributed by atoms with Gasteiger partial charge in [-0.05, 0) is 24.8 Å². The fraction of sp³-hybridized carbons (Fsp3) is 0.455. The lowest BCUT2D eigenvalue weighted by Gasteiger charge is -2.31. The van der Waals surface area contributed by atoms with E-state index >= 15 is 0 Å². The lowest BCUT2D eigenvalue weighted by molar-refractivity contribution is 0.260. The molecule has 0 aromatic heterocycles. The van der Waals surface area contributed by atoms with Crippen LogP contribution in [0.5, 0.6) is 5.75 Å². The monoisotopic (exact) mass is 247 g/mol. The number of hydrogen-bond acceptors (Lipinski definition) is 2. The highest BCUT2D eigenvalue weighted by atomic mass is 35.5. The summed E-state index contributed by atoms with van der Waals surface area (Å²) in [7, 11) is 0. The highest BCUT2D eigenvalue weighted by Gasteiger charge is 2.27. The van der Waals surface area contributed by atoms with Crippen molar-refractivity contribution in [2.75, 3.05) is 0 Å². The molecule has 1 saturated carbocycles. The van der Waals surface area contributed by atoms with Crippen LogP contribution < -0.4 is 5.73 Å². The second-order valence-electron chi connectivity index (χ2n) is 3.89. The molecular weight excluding hydrogens is 233 g/mol. The molecular formula is C11H15Cl2NO. The molecule has 0 spiro atoms. The first-order valence-corrected chi connectivity index (χ1v) is 5.31. The van der Waals surface area contributed by atoms with Crippen LogP contribution in [-0.4, -0.2) is 5.11 Å². The summed E-state index contributed by atoms with van der Waals surface area (Å²) in [6.45, 7) is 0. The standard InChI is InChI=1S/C11H14ClNO.ClH/c12-9-6-2-5-8(11(9)14)10(13)7-3-1-4-7;/h2,5-7,10,14H,1,3-4,13H2;1H/t10-;/m0./s1. The van der Waals surface area contributed by atoms with Crippen LogP contribution in [-0.2, 0) is 0 Å². The normalized spacial score (nSPS) is 17.7. The van der Waals surface area contributed by atoms with Crippen molar-refractivity contribution in [3.8, 4) is 5.75 Å². The molecule has 15 heavy (non-hydrogen) atoms. The molecule has 0 saturated heterocycles. The van der Waals surface area contributed by atoms with Crippen molar-refractivity contribution in [2.24, 2.45) is 11.7 Å². The Hall–Kier alpha value is -0.440. The molecule has 1 fully saturated rings. The van der Waals surface area contributed by atoms with E-state index in [2.05, 4.69) is 0 Å². The number of halogens is 2. The van der Waals surface area contributed by atoms with Gasteiger partial charge >= 0.3 is 0 Å². The van der Waals surface area contributed by atoms with Crippen molar-refractivity contribution in [3.05, 3.63) is 28.8 Å². The first-order chi connectivity index (χ1) is 6.70. The summed E-state index contributed by atoms with van der Waals surface area (Å²) in [5.41, 5.74) is 6.83. The van der Waals surface area contributed by atoms with Crippen LogP contribution in [0.15, 0.2) is 18.2 Å². The van der Waals surface area contributed by atoms with E-state index in [4.69, 9.17) is 17.3 Å². The van der Waals surface area contributed by atoms with E-state index in [1.807, 2.05) is 12.1 Å². The van der Waals surface area contributed by atoms with E-state index in [9.17, 15) is 5.11 Å². The van der Waals surface area contributed by atoms with Gasteiger partial charge in [-0.2, -0.15) is 0 Å². The highest BCUT2D eigenvalue weighted by Crippen LogP contribution is 2.40. The van der Waals surface area contributed by atoms with Gasteiger partial charge < -0.3 is 10.8 Å². The Labute approximate surface area is 101 Å². The van der Waals surface area contributed by atoms with Gasteiger partial charge in [0.05, 0.1) is 5.02 Å².